The summed E-state index contributed by atoms with van der Waals surface area (Å²) in [6.07, 6.45) is 0. The highest BCUT2D eigenvalue weighted by Gasteiger charge is 2.45. The summed E-state index contributed by atoms with van der Waals surface area (Å²) in [7, 11) is 0. The van der Waals surface area contributed by atoms with Gasteiger partial charge >= 0.3 is 0 Å². The molecule has 0 atom stereocenters. The summed E-state index contributed by atoms with van der Waals surface area (Å²) in [4.78, 5) is 16.5. The van der Waals surface area contributed by atoms with E-state index in [4.69, 9.17) is 9.97 Å². The summed E-state index contributed by atoms with van der Waals surface area (Å²) in [5, 5.41) is 10.9. The van der Waals surface area contributed by atoms with Crippen LogP contribution in [-0.4, -0.2) is 16.7 Å². The fourth-order valence-electron chi connectivity index (χ4n) is 13.1. The number of hydrogen-bond donors (Lipinski definition) is 0. The van der Waals surface area contributed by atoms with Gasteiger partial charge in [0.25, 0.3) is 6.71 Å². The first-order valence-electron chi connectivity index (χ1n) is 29.0. The van der Waals surface area contributed by atoms with Gasteiger partial charge in [0.1, 0.15) is 0 Å². The van der Waals surface area contributed by atoms with Crippen LogP contribution in [-0.2, 0) is 21.7 Å². The Morgan fingerprint density at radius 3 is 1.21 bits per heavy atom. The van der Waals surface area contributed by atoms with E-state index in [2.05, 4.69) is 293 Å². The Morgan fingerprint density at radius 2 is 0.753 bits per heavy atom. The number of anilines is 6. The third kappa shape index (κ3) is 8.25. The molecule has 12 aromatic rings. The molecule has 0 N–H and O–H groups in total. The van der Waals surface area contributed by atoms with Crippen molar-refractivity contribution in [2.75, 3.05) is 9.80 Å². The first-order chi connectivity index (χ1) is 38.7. The van der Waals surface area contributed by atoms with E-state index in [1.165, 1.54) is 93.1 Å². The average Bonchev–Trinajstić information content (AvgIpc) is 1.82. The molecule has 5 heteroatoms. The molecule has 0 bridgehead atoms. The van der Waals surface area contributed by atoms with Crippen molar-refractivity contribution in [3.8, 4) is 22.6 Å². The van der Waals surface area contributed by atoms with Crippen LogP contribution in [0.2, 0.25) is 0 Å². The maximum absolute atomic E-state index is 5.83. The van der Waals surface area contributed by atoms with Crippen LogP contribution in [0.25, 0.3) is 76.6 Å². The minimum absolute atomic E-state index is 0.0270. The van der Waals surface area contributed by atoms with Gasteiger partial charge in [-0.3, -0.25) is 0 Å². The van der Waals surface area contributed by atoms with Crippen LogP contribution in [0.5, 0.6) is 0 Å². The lowest BCUT2D eigenvalue weighted by Crippen LogP contribution is -2.61. The first kappa shape index (κ1) is 50.7. The molecule has 0 spiro atoms. The summed E-state index contributed by atoms with van der Waals surface area (Å²) in [6.45, 7) is 27.5. The highest BCUT2D eigenvalue weighted by atomic mass is 15.2. The minimum atomic E-state index is -0.121. The molecule has 3 heterocycles. The van der Waals surface area contributed by atoms with Crippen LogP contribution in [0.3, 0.4) is 0 Å². The minimum Gasteiger partial charge on any atom is -0.311 e. The van der Waals surface area contributed by atoms with Crippen molar-refractivity contribution in [3.05, 3.63) is 222 Å². The van der Waals surface area contributed by atoms with Crippen LogP contribution < -0.4 is 26.2 Å². The van der Waals surface area contributed by atoms with E-state index in [1.54, 1.807) is 0 Å². The third-order valence-corrected chi connectivity index (χ3v) is 17.6. The van der Waals surface area contributed by atoms with Crippen molar-refractivity contribution in [3.63, 3.8) is 0 Å². The Balaban J connectivity index is 1.15. The highest BCUT2D eigenvalue weighted by Crippen LogP contribution is 2.51. The maximum Gasteiger partial charge on any atom is 0.252 e. The van der Waals surface area contributed by atoms with Crippen LogP contribution in [0.15, 0.2) is 200 Å². The van der Waals surface area contributed by atoms with Gasteiger partial charge in [0, 0.05) is 61.4 Å². The SMILES string of the molecule is CC(C)(C)c1ccc(N2c3cc(-c4nc(-c5cc(C(C)(C)C)cc(C(C)(C)C)c5)nc5ccccc45)cc4c3B(c3ccc5c(ccc6ccccc65)c32)c2ccc3c(ccc5ccccc53)c2N4c2ccc(C(C)(C)C)cc2)cc1. The van der Waals surface area contributed by atoms with E-state index in [0.717, 1.165) is 56.3 Å². The molecule has 11 aromatic carbocycles. The van der Waals surface area contributed by atoms with Crippen LogP contribution in [0, 0.1) is 0 Å². The van der Waals surface area contributed by atoms with Crippen molar-refractivity contribution in [2.24, 2.45) is 0 Å². The molecule has 0 amide bonds. The largest absolute Gasteiger partial charge is 0.311 e. The van der Waals surface area contributed by atoms with E-state index in [-0.39, 0.29) is 28.4 Å². The molecular formula is C76H69BN4. The summed E-state index contributed by atoms with van der Waals surface area (Å²) in [5.41, 5.74) is 19.5. The van der Waals surface area contributed by atoms with Crippen LogP contribution in [0.1, 0.15) is 105 Å². The monoisotopic (exact) mass is 1050 g/mol. The van der Waals surface area contributed by atoms with Crippen molar-refractivity contribution < 1.29 is 0 Å². The Labute approximate surface area is 478 Å². The standard InChI is InChI=1S/C76H69BN4/c1-73(2,3)50-27-31-54(32-28-50)80-66-43-48(69-62-23-17-18-24-65(62)78-72(79-69)49-41-52(75(7,8)9)45-53(42-49)76(10,11)12)44-67-68(66)77(63-39-37-58-56-21-15-13-19-46(56)25-35-60(58)70(63)80)64-40-38-59-57-22-16-14-20-47(57)26-36-61(59)71(64)81(67)55-33-29-51(30-34-55)74(4,5)6/h13-45H,1-12H3. The molecule has 0 saturated heterocycles. The predicted octanol–water partition coefficient (Wildman–Crippen LogP) is 18.8. The van der Waals surface area contributed by atoms with E-state index in [0.29, 0.717) is 0 Å². The predicted molar refractivity (Wildman–Crippen MR) is 349 cm³/mol. The van der Waals surface area contributed by atoms with E-state index in [9.17, 15) is 0 Å². The summed E-state index contributed by atoms with van der Waals surface area (Å²) in [5.74, 6) is 0.722. The zero-order chi connectivity index (χ0) is 56.1. The third-order valence-electron chi connectivity index (χ3n) is 17.6. The molecule has 0 unspecified atom stereocenters. The van der Waals surface area contributed by atoms with Gasteiger partial charge in [-0.25, -0.2) is 9.97 Å². The highest BCUT2D eigenvalue weighted by molar-refractivity contribution is 7.01. The first-order valence-corrected chi connectivity index (χ1v) is 29.0. The molecule has 14 rings (SSSR count). The quantitative estimate of drug-likeness (QED) is 0.130. The Hall–Kier alpha value is -8.54. The molecule has 1 aromatic heterocycles. The molecule has 0 radical (unpaired) electrons. The Morgan fingerprint density at radius 1 is 0.333 bits per heavy atom. The van der Waals surface area contributed by atoms with Crippen molar-refractivity contribution in [1.82, 2.24) is 9.97 Å². The lowest BCUT2D eigenvalue weighted by Gasteiger charge is -2.45. The molecule has 0 saturated carbocycles. The Bertz CT molecular complexity index is 4320. The molecule has 81 heavy (non-hydrogen) atoms. The number of rotatable bonds is 4. The van der Waals surface area contributed by atoms with Gasteiger partial charge in [-0.05, 0) is 147 Å². The smallest absolute Gasteiger partial charge is 0.252 e. The van der Waals surface area contributed by atoms with E-state index in [1.807, 2.05) is 0 Å². The van der Waals surface area contributed by atoms with Crippen LogP contribution in [0.4, 0.5) is 34.1 Å². The van der Waals surface area contributed by atoms with Gasteiger partial charge in [-0.2, -0.15) is 0 Å². The summed E-state index contributed by atoms with van der Waals surface area (Å²) < 4.78 is 0. The second kappa shape index (κ2) is 18.0. The van der Waals surface area contributed by atoms with Crippen molar-refractivity contribution >= 4 is 111 Å². The number of para-hydroxylation sites is 1. The summed E-state index contributed by atoms with van der Waals surface area (Å²) >= 11 is 0. The maximum atomic E-state index is 5.83. The van der Waals surface area contributed by atoms with Crippen LogP contribution >= 0.6 is 0 Å². The molecule has 2 aliphatic heterocycles. The number of aromatic nitrogens is 2. The van der Waals surface area contributed by atoms with E-state index < -0.39 is 0 Å². The number of benzene rings is 11. The zero-order valence-electron chi connectivity index (χ0n) is 48.9. The normalized spacial score (nSPS) is 13.6. The average molecular weight is 1050 g/mol. The topological polar surface area (TPSA) is 32.3 Å². The van der Waals surface area contributed by atoms with Gasteiger partial charge in [0.2, 0.25) is 0 Å². The molecule has 396 valence electrons. The Kier molecular flexibility index (Phi) is 11.3. The lowest BCUT2D eigenvalue weighted by molar-refractivity contribution is 0.569. The molecule has 0 aliphatic carbocycles. The molecule has 4 nitrogen and oxygen atoms in total. The number of hydrogen-bond acceptors (Lipinski definition) is 4. The van der Waals surface area contributed by atoms with Crippen molar-refractivity contribution in [1.29, 1.82) is 0 Å². The fraction of sp³-hybridized carbons (Fsp3) is 0.211. The summed E-state index contributed by atoms with van der Waals surface area (Å²) in [6, 6.07) is 76.2. The van der Waals surface area contributed by atoms with Gasteiger partial charge in [0.15, 0.2) is 5.82 Å². The second-order valence-electron chi connectivity index (χ2n) is 27.1. The van der Waals surface area contributed by atoms with Gasteiger partial charge in [-0.1, -0.05) is 229 Å². The van der Waals surface area contributed by atoms with Gasteiger partial charge in [0.05, 0.1) is 11.2 Å². The lowest BCUT2D eigenvalue weighted by atomic mass is 9.33. The zero-order valence-corrected chi connectivity index (χ0v) is 48.9. The van der Waals surface area contributed by atoms with E-state index >= 15 is 0 Å². The number of fused-ring (bicyclic) bond motifs is 13. The molecular weight excluding hydrogens is 980 g/mol. The molecule has 2 aliphatic rings. The molecule has 0 fully saturated rings. The second-order valence-corrected chi connectivity index (χ2v) is 27.1. The van der Waals surface area contributed by atoms with Gasteiger partial charge < -0.3 is 9.80 Å². The fourth-order valence-corrected chi connectivity index (χ4v) is 13.1. The van der Waals surface area contributed by atoms with Gasteiger partial charge in [-0.15, -0.1) is 0 Å². The van der Waals surface area contributed by atoms with Crippen molar-refractivity contribution in [2.45, 2.75) is 105 Å². The number of nitrogens with zero attached hydrogens (tertiary/aromatic N) is 4.